The minimum atomic E-state index is -0.366. The predicted octanol–water partition coefficient (Wildman–Crippen LogP) is 1.12. The Morgan fingerprint density at radius 2 is 1.96 bits per heavy atom. The largest absolute Gasteiger partial charge is 0.494 e. The van der Waals surface area contributed by atoms with Gasteiger partial charge in [-0.1, -0.05) is 0 Å². The van der Waals surface area contributed by atoms with E-state index in [1.165, 1.54) is 0 Å². The first kappa shape index (κ1) is 17.3. The fourth-order valence-corrected chi connectivity index (χ4v) is 2.12. The van der Waals surface area contributed by atoms with Gasteiger partial charge in [-0.25, -0.2) is 4.79 Å². The average Bonchev–Trinajstić information content (AvgIpc) is 2.54. The van der Waals surface area contributed by atoms with E-state index in [2.05, 4.69) is 9.97 Å². The molecule has 0 unspecified atom stereocenters. The summed E-state index contributed by atoms with van der Waals surface area (Å²) in [5.74, 6) is 0.393. The van der Waals surface area contributed by atoms with Crippen LogP contribution < -0.4 is 21.8 Å². The van der Waals surface area contributed by atoms with Crippen LogP contribution in [0.2, 0.25) is 0 Å². The molecule has 8 heteroatoms. The van der Waals surface area contributed by atoms with Crippen LogP contribution >= 0.6 is 0 Å². The van der Waals surface area contributed by atoms with Gasteiger partial charge >= 0.3 is 5.97 Å². The zero-order valence-corrected chi connectivity index (χ0v) is 13.4. The lowest BCUT2D eigenvalue weighted by atomic mass is 10.2. The molecular formula is C16H20N4O4. The van der Waals surface area contributed by atoms with Crippen molar-refractivity contribution in [2.24, 2.45) is 0 Å². The second-order valence-electron chi connectivity index (χ2n) is 5.01. The molecule has 5 N–H and O–H groups in total. The van der Waals surface area contributed by atoms with Crippen molar-refractivity contribution < 1.29 is 14.3 Å². The summed E-state index contributed by atoms with van der Waals surface area (Å²) in [4.78, 5) is 29.5. The molecule has 8 nitrogen and oxygen atoms in total. The zero-order chi connectivity index (χ0) is 17.5. The van der Waals surface area contributed by atoms with Crippen LogP contribution in [-0.4, -0.2) is 29.2 Å². The van der Waals surface area contributed by atoms with E-state index in [9.17, 15) is 9.59 Å². The number of ether oxygens (including phenoxy) is 2. The number of aromatic amines is 1. The quantitative estimate of drug-likeness (QED) is 0.511. The lowest BCUT2D eigenvalue weighted by molar-refractivity contribution is 0.0526. The standard InChI is InChI=1S/C16H20N4O4/c1-2-23-15(22)10-5-7-11(8-6-10)24-9-3-4-12-13(17)19-16(18)20-14(12)21/h5-8H,2-4,9H2,1H3,(H5,17,18,19,20,21). The first-order valence-corrected chi connectivity index (χ1v) is 7.55. The van der Waals surface area contributed by atoms with E-state index >= 15 is 0 Å². The van der Waals surface area contributed by atoms with Gasteiger partial charge in [0.2, 0.25) is 5.95 Å². The zero-order valence-electron chi connectivity index (χ0n) is 13.4. The maximum absolute atomic E-state index is 11.7. The van der Waals surface area contributed by atoms with Gasteiger partial charge < -0.3 is 20.9 Å². The summed E-state index contributed by atoms with van der Waals surface area (Å²) < 4.78 is 10.5. The van der Waals surface area contributed by atoms with Crippen molar-refractivity contribution in [1.29, 1.82) is 0 Å². The highest BCUT2D eigenvalue weighted by molar-refractivity contribution is 5.89. The van der Waals surface area contributed by atoms with Gasteiger partial charge in [0.15, 0.2) is 0 Å². The fourth-order valence-electron chi connectivity index (χ4n) is 2.12. The molecule has 0 spiro atoms. The van der Waals surface area contributed by atoms with Crippen LogP contribution in [0.1, 0.15) is 29.3 Å². The van der Waals surface area contributed by atoms with E-state index in [0.29, 0.717) is 42.9 Å². The second-order valence-corrected chi connectivity index (χ2v) is 5.01. The number of rotatable bonds is 7. The molecule has 2 rings (SSSR count). The number of aromatic nitrogens is 2. The summed E-state index contributed by atoms with van der Waals surface area (Å²) in [7, 11) is 0. The van der Waals surface area contributed by atoms with E-state index in [1.807, 2.05) is 0 Å². The molecule has 0 saturated heterocycles. The minimum Gasteiger partial charge on any atom is -0.494 e. The number of hydrogen-bond acceptors (Lipinski definition) is 7. The molecule has 0 aliphatic rings. The topological polar surface area (TPSA) is 133 Å². The van der Waals surface area contributed by atoms with Gasteiger partial charge in [0.25, 0.3) is 5.56 Å². The lowest BCUT2D eigenvalue weighted by Crippen LogP contribution is -2.19. The first-order valence-electron chi connectivity index (χ1n) is 7.55. The van der Waals surface area contributed by atoms with E-state index in [4.69, 9.17) is 20.9 Å². The molecule has 0 radical (unpaired) electrons. The molecule has 0 amide bonds. The summed E-state index contributed by atoms with van der Waals surface area (Å²) in [6.45, 7) is 2.48. The maximum atomic E-state index is 11.7. The summed E-state index contributed by atoms with van der Waals surface area (Å²) in [5, 5.41) is 0. The Morgan fingerprint density at radius 1 is 1.25 bits per heavy atom. The van der Waals surface area contributed by atoms with Crippen LogP contribution in [0.5, 0.6) is 5.75 Å². The molecule has 1 heterocycles. The normalized spacial score (nSPS) is 10.4. The number of carbonyl (C=O) groups excluding carboxylic acids is 1. The number of nitrogens with zero attached hydrogens (tertiary/aromatic N) is 1. The van der Waals surface area contributed by atoms with Crippen molar-refractivity contribution in [2.45, 2.75) is 19.8 Å². The number of nitrogens with one attached hydrogen (secondary N) is 1. The lowest BCUT2D eigenvalue weighted by Gasteiger charge is -2.08. The molecule has 1 aromatic heterocycles. The van der Waals surface area contributed by atoms with Gasteiger partial charge in [0.1, 0.15) is 11.6 Å². The Hall–Kier alpha value is -3.03. The molecule has 24 heavy (non-hydrogen) atoms. The van der Waals surface area contributed by atoms with Crippen molar-refractivity contribution >= 4 is 17.7 Å². The number of H-pyrrole nitrogens is 1. The number of nitrogens with two attached hydrogens (primary N) is 2. The number of benzene rings is 1. The maximum Gasteiger partial charge on any atom is 0.338 e. The van der Waals surface area contributed by atoms with Crippen LogP contribution in [0.4, 0.5) is 11.8 Å². The summed E-state index contributed by atoms with van der Waals surface area (Å²) in [5.41, 5.74) is 11.6. The Kier molecular flexibility index (Phi) is 5.78. The molecule has 0 fully saturated rings. The fraction of sp³-hybridized carbons (Fsp3) is 0.312. The molecule has 0 aliphatic carbocycles. The first-order chi connectivity index (χ1) is 11.5. The van der Waals surface area contributed by atoms with Crippen molar-refractivity contribution in [1.82, 2.24) is 9.97 Å². The van der Waals surface area contributed by atoms with E-state index in [1.54, 1.807) is 31.2 Å². The summed E-state index contributed by atoms with van der Waals surface area (Å²) in [6, 6.07) is 6.66. The third-order valence-electron chi connectivity index (χ3n) is 3.27. The van der Waals surface area contributed by atoms with Gasteiger partial charge in [0.05, 0.1) is 24.3 Å². The third kappa shape index (κ3) is 4.48. The Balaban J connectivity index is 1.85. The van der Waals surface area contributed by atoms with Crippen molar-refractivity contribution in [3.63, 3.8) is 0 Å². The number of nitrogen functional groups attached to an aromatic ring is 2. The molecule has 128 valence electrons. The number of anilines is 2. The van der Waals surface area contributed by atoms with Gasteiger partial charge in [-0.3, -0.25) is 9.78 Å². The monoisotopic (exact) mass is 332 g/mol. The Labute approximate surface area is 138 Å². The third-order valence-corrected chi connectivity index (χ3v) is 3.27. The molecule has 0 aliphatic heterocycles. The molecule has 0 bridgehead atoms. The van der Waals surface area contributed by atoms with Gasteiger partial charge in [0, 0.05) is 0 Å². The number of hydrogen-bond donors (Lipinski definition) is 3. The van der Waals surface area contributed by atoms with Crippen LogP contribution in [0, 0.1) is 0 Å². The Bertz CT molecular complexity index is 756. The van der Waals surface area contributed by atoms with Crippen LogP contribution in [-0.2, 0) is 11.2 Å². The summed E-state index contributed by atoms with van der Waals surface area (Å²) in [6.07, 6.45) is 1.01. The highest BCUT2D eigenvalue weighted by atomic mass is 16.5. The van der Waals surface area contributed by atoms with Gasteiger partial charge in [-0.05, 0) is 44.0 Å². The van der Waals surface area contributed by atoms with E-state index in [-0.39, 0.29) is 23.3 Å². The molecule has 0 atom stereocenters. The van der Waals surface area contributed by atoms with Gasteiger partial charge in [-0.15, -0.1) is 0 Å². The predicted molar refractivity (Wildman–Crippen MR) is 89.9 cm³/mol. The van der Waals surface area contributed by atoms with Crippen LogP contribution in [0.25, 0.3) is 0 Å². The van der Waals surface area contributed by atoms with Crippen molar-refractivity contribution in [3.8, 4) is 5.75 Å². The van der Waals surface area contributed by atoms with E-state index in [0.717, 1.165) is 0 Å². The average molecular weight is 332 g/mol. The van der Waals surface area contributed by atoms with Crippen LogP contribution in [0.3, 0.4) is 0 Å². The minimum absolute atomic E-state index is 0.000750. The molecule has 2 aromatic rings. The highest BCUT2D eigenvalue weighted by Gasteiger charge is 2.08. The van der Waals surface area contributed by atoms with Crippen molar-refractivity contribution in [2.75, 3.05) is 24.7 Å². The van der Waals surface area contributed by atoms with Crippen LogP contribution in [0.15, 0.2) is 29.1 Å². The Morgan fingerprint density at radius 3 is 2.58 bits per heavy atom. The smallest absolute Gasteiger partial charge is 0.338 e. The highest BCUT2D eigenvalue weighted by Crippen LogP contribution is 2.14. The molecular weight excluding hydrogens is 312 g/mol. The molecule has 1 aromatic carbocycles. The molecule has 0 saturated carbocycles. The van der Waals surface area contributed by atoms with Gasteiger partial charge in [-0.2, -0.15) is 4.98 Å². The number of esters is 1. The SMILES string of the molecule is CCOC(=O)c1ccc(OCCCc2c(N)nc(N)[nH]c2=O)cc1. The number of carbonyl (C=O) groups is 1. The second kappa shape index (κ2) is 8.00. The van der Waals surface area contributed by atoms with E-state index < -0.39 is 0 Å². The summed E-state index contributed by atoms with van der Waals surface area (Å²) >= 11 is 0. The van der Waals surface area contributed by atoms with Crippen molar-refractivity contribution in [3.05, 3.63) is 45.7 Å².